The average Bonchev–Trinajstić information content (AvgIpc) is 2.34. The van der Waals surface area contributed by atoms with Crippen molar-refractivity contribution in [1.82, 2.24) is 5.32 Å². The Bertz CT molecular complexity index is 121. The van der Waals surface area contributed by atoms with Crippen LogP contribution in [0.25, 0.3) is 0 Å². The van der Waals surface area contributed by atoms with Gasteiger partial charge in [-0.2, -0.15) is 11.8 Å². The lowest BCUT2D eigenvalue weighted by molar-refractivity contribution is 0.593. The fraction of sp³-hybridized carbons (Fsp3) is 0.714. The SMILES string of the molecule is C=C(Br)CNC1CCSC1. The summed E-state index contributed by atoms with van der Waals surface area (Å²) in [6, 6.07) is 0.722. The van der Waals surface area contributed by atoms with Crippen LogP contribution >= 0.6 is 27.7 Å². The molecule has 0 spiro atoms. The second-order valence-electron chi connectivity index (χ2n) is 2.46. The Kier molecular flexibility index (Phi) is 3.81. The largest absolute Gasteiger partial charge is 0.309 e. The Morgan fingerprint density at radius 3 is 3.10 bits per heavy atom. The number of rotatable bonds is 3. The van der Waals surface area contributed by atoms with E-state index in [0.29, 0.717) is 0 Å². The van der Waals surface area contributed by atoms with Gasteiger partial charge in [0.2, 0.25) is 0 Å². The Balaban J connectivity index is 2.07. The molecule has 0 radical (unpaired) electrons. The first-order chi connectivity index (χ1) is 4.79. The van der Waals surface area contributed by atoms with Gasteiger partial charge in [0.25, 0.3) is 0 Å². The van der Waals surface area contributed by atoms with E-state index in [1.54, 1.807) is 0 Å². The summed E-state index contributed by atoms with van der Waals surface area (Å²) in [5.74, 6) is 2.58. The van der Waals surface area contributed by atoms with E-state index in [-0.39, 0.29) is 0 Å². The number of halogens is 1. The van der Waals surface area contributed by atoms with Gasteiger partial charge in [0.1, 0.15) is 0 Å². The van der Waals surface area contributed by atoms with Crippen LogP contribution in [0, 0.1) is 0 Å². The van der Waals surface area contributed by atoms with Gasteiger partial charge in [-0.15, -0.1) is 0 Å². The Morgan fingerprint density at radius 2 is 2.60 bits per heavy atom. The molecular weight excluding hydrogens is 210 g/mol. The normalized spacial score (nSPS) is 25.1. The summed E-state index contributed by atoms with van der Waals surface area (Å²) < 4.78 is 1.05. The summed E-state index contributed by atoms with van der Waals surface area (Å²) in [7, 11) is 0. The third-order valence-electron chi connectivity index (χ3n) is 1.51. The summed E-state index contributed by atoms with van der Waals surface area (Å²) in [5.41, 5.74) is 0. The third kappa shape index (κ3) is 3.08. The van der Waals surface area contributed by atoms with Crippen molar-refractivity contribution in [2.75, 3.05) is 18.1 Å². The average molecular weight is 222 g/mol. The lowest BCUT2D eigenvalue weighted by Crippen LogP contribution is -2.29. The first kappa shape index (κ1) is 8.62. The van der Waals surface area contributed by atoms with Crippen LogP contribution in [0.15, 0.2) is 11.1 Å². The van der Waals surface area contributed by atoms with Gasteiger partial charge in [0.05, 0.1) is 0 Å². The van der Waals surface area contributed by atoms with Crippen molar-refractivity contribution in [3.05, 3.63) is 11.1 Å². The Hall–Kier alpha value is 0.530. The molecule has 0 aromatic heterocycles. The van der Waals surface area contributed by atoms with Crippen LogP contribution in [0.2, 0.25) is 0 Å². The molecule has 0 saturated carbocycles. The Labute approximate surface area is 74.8 Å². The second-order valence-corrected chi connectivity index (χ2v) is 4.73. The van der Waals surface area contributed by atoms with Crippen molar-refractivity contribution in [3.63, 3.8) is 0 Å². The molecule has 10 heavy (non-hydrogen) atoms. The van der Waals surface area contributed by atoms with Crippen molar-refractivity contribution in [1.29, 1.82) is 0 Å². The summed E-state index contributed by atoms with van der Waals surface area (Å²) in [4.78, 5) is 0. The molecule has 0 aliphatic carbocycles. The molecule has 0 aromatic carbocycles. The van der Waals surface area contributed by atoms with Gasteiger partial charge in [-0.1, -0.05) is 22.5 Å². The quantitative estimate of drug-likeness (QED) is 0.783. The number of hydrogen-bond donors (Lipinski definition) is 1. The summed E-state index contributed by atoms with van der Waals surface area (Å²) >= 11 is 5.34. The third-order valence-corrected chi connectivity index (χ3v) is 2.96. The second kappa shape index (κ2) is 4.42. The predicted octanol–water partition coefficient (Wildman–Crippen LogP) is 1.99. The fourth-order valence-electron chi connectivity index (χ4n) is 0.951. The molecule has 1 rings (SSSR count). The zero-order valence-electron chi connectivity index (χ0n) is 5.90. The minimum atomic E-state index is 0.722. The molecule has 0 amide bonds. The highest BCUT2D eigenvalue weighted by atomic mass is 79.9. The smallest absolute Gasteiger partial charge is 0.0268 e. The summed E-state index contributed by atoms with van der Waals surface area (Å²) in [5, 5.41) is 3.41. The molecule has 1 fully saturated rings. The van der Waals surface area contributed by atoms with Crippen LogP contribution in [0.4, 0.5) is 0 Å². The standard InChI is InChI=1S/C7H12BrNS/c1-6(8)4-9-7-2-3-10-5-7/h7,9H,1-5H2. The highest BCUT2D eigenvalue weighted by Gasteiger charge is 2.13. The van der Waals surface area contributed by atoms with Crippen molar-refractivity contribution in [2.24, 2.45) is 0 Å². The molecule has 1 N–H and O–H groups in total. The predicted molar refractivity (Wildman–Crippen MR) is 51.8 cm³/mol. The monoisotopic (exact) mass is 221 g/mol. The first-order valence-corrected chi connectivity index (χ1v) is 5.38. The van der Waals surface area contributed by atoms with Crippen LogP contribution in [0.5, 0.6) is 0 Å². The van der Waals surface area contributed by atoms with Crippen LogP contribution in [0.1, 0.15) is 6.42 Å². The lowest BCUT2D eigenvalue weighted by atomic mass is 10.3. The molecule has 1 nitrogen and oxygen atoms in total. The molecule has 0 bridgehead atoms. The van der Waals surface area contributed by atoms with E-state index in [1.165, 1.54) is 17.9 Å². The van der Waals surface area contributed by atoms with E-state index in [0.717, 1.165) is 17.1 Å². The van der Waals surface area contributed by atoms with Gasteiger partial charge < -0.3 is 5.32 Å². The van der Waals surface area contributed by atoms with Gasteiger partial charge in [0.15, 0.2) is 0 Å². The summed E-state index contributed by atoms with van der Waals surface area (Å²) in [6.45, 7) is 4.67. The van der Waals surface area contributed by atoms with Crippen molar-refractivity contribution in [2.45, 2.75) is 12.5 Å². The van der Waals surface area contributed by atoms with E-state index in [9.17, 15) is 0 Å². The van der Waals surface area contributed by atoms with Crippen LogP contribution in [-0.2, 0) is 0 Å². The highest BCUT2D eigenvalue weighted by molar-refractivity contribution is 9.11. The van der Waals surface area contributed by atoms with E-state index >= 15 is 0 Å². The van der Waals surface area contributed by atoms with Gasteiger partial charge in [-0.05, 0) is 12.2 Å². The number of thioether (sulfide) groups is 1. The molecule has 0 aromatic rings. The van der Waals surface area contributed by atoms with E-state index in [4.69, 9.17) is 0 Å². The maximum absolute atomic E-state index is 3.76. The minimum Gasteiger partial charge on any atom is -0.309 e. The molecule has 1 heterocycles. The molecule has 1 aliphatic rings. The van der Waals surface area contributed by atoms with Gasteiger partial charge in [-0.25, -0.2) is 0 Å². The van der Waals surface area contributed by atoms with Crippen molar-refractivity contribution < 1.29 is 0 Å². The molecule has 3 heteroatoms. The van der Waals surface area contributed by atoms with Gasteiger partial charge in [-0.3, -0.25) is 0 Å². The number of hydrogen-bond acceptors (Lipinski definition) is 2. The Morgan fingerprint density at radius 1 is 1.80 bits per heavy atom. The number of nitrogens with one attached hydrogen (secondary N) is 1. The van der Waals surface area contributed by atoms with E-state index in [2.05, 4.69) is 27.8 Å². The van der Waals surface area contributed by atoms with E-state index < -0.39 is 0 Å². The molecule has 58 valence electrons. The van der Waals surface area contributed by atoms with Crippen LogP contribution < -0.4 is 5.32 Å². The minimum absolute atomic E-state index is 0.722. The van der Waals surface area contributed by atoms with Crippen molar-refractivity contribution >= 4 is 27.7 Å². The van der Waals surface area contributed by atoms with Crippen LogP contribution in [0.3, 0.4) is 0 Å². The van der Waals surface area contributed by atoms with E-state index in [1.807, 2.05) is 11.8 Å². The van der Waals surface area contributed by atoms with Gasteiger partial charge in [0, 0.05) is 22.8 Å². The summed E-state index contributed by atoms with van der Waals surface area (Å²) in [6.07, 6.45) is 1.31. The molecule has 1 unspecified atom stereocenters. The maximum atomic E-state index is 3.76. The fourth-order valence-corrected chi connectivity index (χ4v) is 2.30. The maximum Gasteiger partial charge on any atom is 0.0268 e. The first-order valence-electron chi connectivity index (χ1n) is 3.43. The van der Waals surface area contributed by atoms with Crippen LogP contribution in [-0.4, -0.2) is 24.1 Å². The lowest BCUT2D eigenvalue weighted by Gasteiger charge is -2.08. The zero-order valence-corrected chi connectivity index (χ0v) is 8.30. The molecule has 1 atom stereocenters. The zero-order chi connectivity index (χ0) is 7.40. The highest BCUT2D eigenvalue weighted by Crippen LogP contribution is 2.17. The van der Waals surface area contributed by atoms with Crippen molar-refractivity contribution in [3.8, 4) is 0 Å². The topological polar surface area (TPSA) is 12.0 Å². The van der Waals surface area contributed by atoms with Gasteiger partial charge >= 0.3 is 0 Å². The molecular formula is C7H12BrNS. The molecule has 1 saturated heterocycles. The molecule has 1 aliphatic heterocycles.